The van der Waals surface area contributed by atoms with Crippen LogP contribution >= 0.6 is 0 Å². The maximum absolute atomic E-state index is 3.70. The Kier molecular flexibility index (Phi) is 4.72. The highest BCUT2D eigenvalue weighted by atomic mass is 14.9. The van der Waals surface area contributed by atoms with Crippen LogP contribution in [0.2, 0.25) is 0 Å². The van der Waals surface area contributed by atoms with Crippen molar-refractivity contribution in [2.24, 2.45) is 0 Å². The lowest BCUT2D eigenvalue weighted by molar-refractivity contribution is 0.548. The summed E-state index contributed by atoms with van der Waals surface area (Å²) in [5.41, 5.74) is 4.26. The topological polar surface area (TPSA) is 12.0 Å². The number of hydrogen-bond acceptors (Lipinski definition) is 1. The second kappa shape index (κ2) is 6.91. The number of nitrogens with one attached hydrogen (secondary N) is 1. The standard InChI is InChI=1S/C20H25N/c1-16-7-9-17(10-8-16)11-12-19(15-21-20-13-14-20)18-5-3-2-4-6-18/h2-10,19-21H,11-15H2,1H3. The van der Waals surface area contributed by atoms with Crippen molar-refractivity contribution in [1.82, 2.24) is 5.32 Å². The van der Waals surface area contributed by atoms with Gasteiger partial charge in [-0.05, 0) is 49.7 Å². The van der Waals surface area contributed by atoms with E-state index in [-0.39, 0.29) is 0 Å². The van der Waals surface area contributed by atoms with Crippen LogP contribution in [0.1, 0.15) is 41.9 Å². The highest BCUT2D eigenvalue weighted by Gasteiger charge is 2.22. The molecule has 1 aliphatic carbocycles. The lowest BCUT2D eigenvalue weighted by Crippen LogP contribution is -2.24. The zero-order valence-corrected chi connectivity index (χ0v) is 12.9. The van der Waals surface area contributed by atoms with Crippen LogP contribution in [0.15, 0.2) is 54.6 Å². The van der Waals surface area contributed by atoms with Gasteiger partial charge >= 0.3 is 0 Å². The average Bonchev–Trinajstić information content (AvgIpc) is 3.34. The van der Waals surface area contributed by atoms with Crippen molar-refractivity contribution in [1.29, 1.82) is 0 Å². The molecule has 0 heterocycles. The van der Waals surface area contributed by atoms with Crippen molar-refractivity contribution in [3.63, 3.8) is 0 Å². The van der Waals surface area contributed by atoms with Gasteiger partial charge in [-0.3, -0.25) is 0 Å². The Morgan fingerprint density at radius 1 is 1.00 bits per heavy atom. The SMILES string of the molecule is Cc1ccc(CCC(CNC2CC2)c2ccccc2)cc1. The summed E-state index contributed by atoms with van der Waals surface area (Å²) in [5.74, 6) is 0.619. The van der Waals surface area contributed by atoms with Crippen LogP contribution < -0.4 is 5.32 Å². The van der Waals surface area contributed by atoms with Gasteiger partial charge in [-0.1, -0.05) is 60.2 Å². The van der Waals surface area contributed by atoms with Gasteiger partial charge in [0.05, 0.1) is 0 Å². The van der Waals surface area contributed by atoms with Crippen LogP contribution in [-0.4, -0.2) is 12.6 Å². The first-order valence-corrected chi connectivity index (χ1v) is 8.15. The molecule has 1 heteroatoms. The molecular formula is C20H25N. The zero-order chi connectivity index (χ0) is 14.5. The van der Waals surface area contributed by atoms with E-state index >= 15 is 0 Å². The van der Waals surface area contributed by atoms with Crippen LogP contribution in [0.4, 0.5) is 0 Å². The Morgan fingerprint density at radius 2 is 1.71 bits per heavy atom. The summed E-state index contributed by atoms with van der Waals surface area (Å²) >= 11 is 0. The fraction of sp³-hybridized carbons (Fsp3) is 0.400. The quantitative estimate of drug-likeness (QED) is 0.789. The van der Waals surface area contributed by atoms with E-state index in [9.17, 15) is 0 Å². The van der Waals surface area contributed by atoms with Gasteiger partial charge in [0.2, 0.25) is 0 Å². The van der Waals surface area contributed by atoms with Gasteiger partial charge in [0, 0.05) is 12.6 Å². The first-order valence-electron chi connectivity index (χ1n) is 8.15. The Bertz CT molecular complexity index is 540. The monoisotopic (exact) mass is 279 g/mol. The summed E-state index contributed by atoms with van der Waals surface area (Å²) in [6.45, 7) is 3.26. The fourth-order valence-electron chi connectivity index (χ4n) is 2.80. The van der Waals surface area contributed by atoms with E-state index in [1.165, 1.54) is 36.0 Å². The summed E-state index contributed by atoms with van der Waals surface area (Å²) in [6, 6.07) is 20.7. The molecule has 1 atom stereocenters. The minimum absolute atomic E-state index is 0.619. The molecule has 0 saturated heterocycles. The molecule has 1 aliphatic rings. The highest BCUT2D eigenvalue weighted by molar-refractivity contribution is 5.23. The predicted octanol–water partition coefficient (Wildman–Crippen LogP) is 4.46. The Morgan fingerprint density at radius 3 is 2.38 bits per heavy atom. The van der Waals surface area contributed by atoms with Gasteiger partial charge < -0.3 is 5.32 Å². The molecule has 0 aromatic heterocycles. The van der Waals surface area contributed by atoms with Crippen molar-refractivity contribution >= 4 is 0 Å². The Hall–Kier alpha value is -1.60. The Balaban J connectivity index is 1.62. The molecule has 1 saturated carbocycles. The maximum atomic E-state index is 3.70. The average molecular weight is 279 g/mol. The molecule has 1 unspecified atom stereocenters. The number of rotatable bonds is 7. The minimum atomic E-state index is 0.619. The van der Waals surface area contributed by atoms with Crippen molar-refractivity contribution < 1.29 is 0 Å². The van der Waals surface area contributed by atoms with Gasteiger partial charge in [0.1, 0.15) is 0 Å². The van der Waals surface area contributed by atoms with E-state index in [0.717, 1.165) is 19.0 Å². The van der Waals surface area contributed by atoms with E-state index in [0.29, 0.717) is 5.92 Å². The van der Waals surface area contributed by atoms with Gasteiger partial charge in [0.25, 0.3) is 0 Å². The molecule has 0 bridgehead atoms. The van der Waals surface area contributed by atoms with Crippen LogP contribution in [0, 0.1) is 6.92 Å². The third-order valence-corrected chi connectivity index (χ3v) is 4.40. The second-order valence-electron chi connectivity index (χ2n) is 6.31. The summed E-state index contributed by atoms with van der Waals surface area (Å²) in [4.78, 5) is 0. The number of aryl methyl sites for hydroxylation is 2. The summed E-state index contributed by atoms with van der Waals surface area (Å²) in [6.07, 6.45) is 5.10. The van der Waals surface area contributed by atoms with Crippen LogP contribution in [0.5, 0.6) is 0 Å². The second-order valence-corrected chi connectivity index (χ2v) is 6.31. The molecule has 1 N–H and O–H groups in total. The maximum Gasteiger partial charge on any atom is 0.00684 e. The van der Waals surface area contributed by atoms with E-state index in [2.05, 4.69) is 66.8 Å². The molecule has 110 valence electrons. The van der Waals surface area contributed by atoms with Crippen molar-refractivity contribution in [2.75, 3.05) is 6.54 Å². The van der Waals surface area contributed by atoms with Gasteiger partial charge in [0.15, 0.2) is 0 Å². The zero-order valence-electron chi connectivity index (χ0n) is 12.9. The van der Waals surface area contributed by atoms with Gasteiger partial charge in [-0.2, -0.15) is 0 Å². The predicted molar refractivity (Wildman–Crippen MR) is 89.7 cm³/mol. The molecule has 0 aliphatic heterocycles. The molecule has 0 radical (unpaired) electrons. The van der Waals surface area contributed by atoms with Crippen LogP contribution in [-0.2, 0) is 6.42 Å². The molecule has 21 heavy (non-hydrogen) atoms. The molecule has 1 nitrogen and oxygen atoms in total. The minimum Gasteiger partial charge on any atom is -0.313 e. The van der Waals surface area contributed by atoms with Crippen LogP contribution in [0.25, 0.3) is 0 Å². The largest absolute Gasteiger partial charge is 0.313 e. The van der Waals surface area contributed by atoms with E-state index in [1.54, 1.807) is 0 Å². The van der Waals surface area contributed by atoms with Gasteiger partial charge in [-0.15, -0.1) is 0 Å². The first kappa shape index (κ1) is 14.3. The summed E-state index contributed by atoms with van der Waals surface area (Å²) in [5, 5.41) is 3.70. The number of benzene rings is 2. The Labute approximate surface area is 128 Å². The van der Waals surface area contributed by atoms with Crippen molar-refractivity contribution in [2.45, 2.75) is 44.6 Å². The van der Waals surface area contributed by atoms with Crippen molar-refractivity contribution in [3.05, 3.63) is 71.3 Å². The van der Waals surface area contributed by atoms with E-state index in [4.69, 9.17) is 0 Å². The molecule has 0 amide bonds. The van der Waals surface area contributed by atoms with E-state index < -0.39 is 0 Å². The third kappa shape index (κ3) is 4.44. The molecule has 3 rings (SSSR count). The van der Waals surface area contributed by atoms with Gasteiger partial charge in [-0.25, -0.2) is 0 Å². The summed E-state index contributed by atoms with van der Waals surface area (Å²) < 4.78 is 0. The first-order chi connectivity index (χ1) is 10.3. The van der Waals surface area contributed by atoms with Crippen molar-refractivity contribution in [3.8, 4) is 0 Å². The van der Waals surface area contributed by atoms with E-state index in [1.807, 2.05) is 0 Å². The lowest BCUT2D eigenvalue weighted by Gasteiger charge is -2.18. The van der Waals surface area contributed by atoms with Crippen LogP contribution in [0.3, 0.4) is 0 Å². The highest BCUT2D eigenvalue weighted by Crippen LogP contribution is 2.24. The molecule has 1 fully saturated rings. The normalized spacial score (nSPS) is 15.9. The molecule has 0 spiro atoms. The molecule has 2 aromatic carbocycles. The molecular weight excluding hydrogens is 254 g/mol. The lowest BCUT2D eigenvalue weighted by atomic mass is 9.92. The molecule has 2 aromatic rings. The third-order valence-electron chi connectivity index (χ3n) is 4.40. The smallest absolute Gasteiger partial charge is 0.00684 e. The summed E-state index contributed by atoms with van der Waals surface area (Å²) in [7, 11) is 0. The number of hydrogen-bond donors (Lipinski definition) is 1. The fourth-order valence-corrected chi connectivity index (χ4v) is 2.80.